The number of benzene rings is 2. The van der Waals surface area contributed by atoms with Crippen LogP contribution in [0.1, 0.15) is 60.5 Å². The number of carbonyl (C=O) groups is 3. The van der Waals surface area contributed by atoms with Gasteiger partial charge >= 0.3 is 11.9 Å². The second kappa shape index (κ2) is 9.61. The Labute approximate surface area is 194 Å². The molecule has 2 aromatic rings. The summed E-state index contributed by atoms with van der Waals surface area (Å²) in [6.07, 6.45) is 7.12. The maximum atomic E-state index is 13.3. The first-order chi connectivity index (χ1) is 15.9. The van der Waals surface area contributed by atoms with Gasteiger partial charge in [0.05, 0.1) is 18.2 Å². The molecule has 1 aliphatic heterocycles. The summed E-state index contributed by atoms with van der Waals surface area (Å²) in [5.74, 6) is -1.84. The van der Waals surface area contributed by atoms with Gasteiger partial charge in [-0.3, -0.25) is 4.79 Å². The lowest BCUT2D eigenvalue weighted by molar-refractivity contribution is -0.165. The lowest BCUT2D eigenvalue weighted by atomic mass is 9.86. The third-order valence-electron chi connectivity index (χ3n) is 6.48. The van der Waals surface area contributed by atoms with Gasteiger partial charge in [-0.2, -0.15) is 0 Å². The number of rotatable bonds is 6. The first kappa shape index (κ1) is 22.8. The molecule has 0 spiro atoms. The number of methoxy groups -OCH3 is 1. The minimum atomic E-state index is -0.810. The van der Waals surface area contributed by atoms with E-state index in [4.69, 9.17) is 9.47 Å². The van der Waals surface area contributed by atoms with Crippen molar-refractivity contribution in [2.24, 2.45) is 0 Å². The van der Waals surface area contributed by atoms with Crippen molar-refractivity contribution in [2.75, 3.05) is 18.6 Å². The summed E-state index contributed by atoms with van der Waals surface area (Å²) in [5, 5.41) is 0. The van der Waals surface area contributed by atoms with Crippen LogP contribution in [-0.2, 0) is 25.5 Å². The summed E-state index contributed by atoms with van der Waals surface area (Å²) in [6, 6.07) is 14.5. The molecule has 1 saturated carbocycles. The first-order valence-electron chi connectivity index (χ1n) is 11.4. The van der Waals surface area contributed by atoms with Gasteiger partial charge in [-0.05, 0) is 68.4 Å². The molecule has 172 valence electrons. The Morgan fingerprint density at radius 1 is 0.970 bits per heavy atom. The minimum Gasteiger partial charge on any atom is -0.465 e. The predicted octanol–water partition coefficient (Wildman–Crippen LogP) is 4.71. The molecule has 0 saturated heterocycles. The zero-order valence-electron chi connectivity index (χ0n) is 19.1. The molecule has 0 bridgehead atoms. The Morgan fingerprint density at radius 3 is 2.39 bits per heavy atom. The number of fused-ring (bicyclic) bond motifs is 1. The summed E-state index contributed by atoms with van der Waals surface area (Å²) in [6.45, 7) is 2.55. The molecule has 0 atom stereocenters. The zero-order chi connectivity index (χ0) is 23.4. The third kappa shape index (κ3) is 5.00. The quantitative estimate of drug-likeness (QED) is 0.363. The number of ketones is 1. The molecule has 0 amide bonds. The van der Waals surface area contributed by atoms with Crippen LogP contribution in [0.2, 0.25) is 0 Å². The van der Waals surface area contributed by atoms with Crippen LogP contribution in [0.3, 0.4) is 0 Å². The van der Waals surface area contributed by atoms with E-state index in [0.717, 1.165) is 49.8 Å². The van der Waals surface area contributed by atoms with E-state index in [-0.39, 0.29) is 5.97 Å². The lowest BCUT2D eigenvalue weighted by Crippen LogP contribution is -2.36. The van der Waals surface area contributed by atoms with Crippen LogP contribution in [0, 0.1) is 0 Å². The van der Waals surface area contributed by atoms with Crippen molar-refractivity contribution in [1.29, 1.82) is 0 Å². The van der Waals surface area contributed by atoms with E-state index >= 15 is 0 Å². The summed E-state index contributed by atoms with van der Waals surface area (Å²) in [4.78, 5) is 40.0. The van der Waals surface area contributed by atoms with E-state index in [9.17, 15) is 14.4 Å². The van der Waals surface area contributed by atoms with Crippen LogP contribution in [-0.4, -0.2) is 37.0 Å². The fourth-order valence-corrected chi connectivity index (χ4v) is 4.63. The summed E-state index contributed by atoms with van der Waals surface area (Å²) < 4.78 is 10.5. The molecule has 4 rings (SSSR count). The van der Waals surface area contributed by atoms with Gasteiger partial charge in [-0.15, -0.1) is 0 Å². The van der Waals surface area contributed by atoms with Gasteiger partial charge < -0.3 is 14.4 Å². The van der Waals surface area contributed by atoms with Crippen LogP contribution in [0.5, 0.6) is 0 Å². The van der Waals surface area contributed by atoms with Crippen LogP contribution in [0.4, 0.5) is 5.69 Å². The van der Waals surface area contributed by atoms with E-state index in [0.29, 0.717) is 23.2 Å². The average molecular weight is 448 g/mol. The number of anilines is 1. The van der Waals surface area contributed by atoms with Gasteiger partial charge in [0, 0.05) is 18.4 Å². The molecule has 0 aromatic heterocycles. The van der Waals surface area contributed by atoms with E-state index in [1.165, 1.54) is 7.11 Å². The van der Waals surface area contributed by atoms with Gasteiger partial charge in [0.25, 0.3) is 5.78 Å². The van der Waals surface area contributed by atoms with E-state index in [2.05, 4.69) is 0 Å². The van der Waals surface area contributed by atoms with Crippen molar-refractivity contribution in [2.45, 2.75) is 51.0 Å². The molecule has 1 heterocycles. The van der Waals surface area contributed by atoms with E-state index in [1.54, 1.807) is 12.3 Å². The normalized spacial score (nSPS) is 17.3. The Hall–Kier alpha value is -3.41. The molecule has 33 heavy (non-hydrogen) atoms. The van der Waals surface area contributed by atoms with Crippen LogP contribution < -0.4 is 4.90 Å². The predicted molar refractivity (Wildman–Crippen MR) is 126 cm³/mol. The number of hydrogen-bond donors (Lipinski definition) is 0. The monoisotopic (exact) mass is 447 g/mol. The average Bonchev–Trinajstić information content (AvgIpc) is 3.24. The van der Waals surface area contributed by atoms with E-state index in [1.807, 2.05) is 54.3 Å². The largest absolute Gasteiger partial charge is 0.465 e. The summed E-state index contributed by atoms with van der Waals surface area (Å²) in [5.41, 5.74) is 2.75. The zero-order valence-corrected chi connectivity index (χ0v) is 19.1. The van der Waals surface area contributed by atoms with Crippen molar-refractivity contribution in [3.63, 3.8) is 0 Å². The summed E-state index contributed by atoms with van der Waals surface area (Å²) in [7, 11) is 1.36. The number of carbonyl (C=O) groups excluding carboxylic acids is 3. The maximum Gasteiger partial charge on any atom is 0.380 e. The molecular formula is C27H29NO5. The van der Waals surface area contributed by atoms with Crippen molar-refractivity contribution in [3.05, 3.63) is 71.4 Å². The highest BCUT2D eigenvalue weighted by Crippen LogP contribution is 2.33. The molecule has 0 N–H and O–H groups in total. The van der Waals surface area contributed by atoms with Crippen LogP contribution >= 0.6 is 0 Å². The molecular weight excluding hydrogens is 418 g/mol. The molecule has 0 radical (unpaired) electrons. The van der Waals surface area contributed by atoms with Gasteiger partial charge in [0.2, 0.25) is 0 Å². The number of hydrogen-bond acceptors (Lipinski definition) is 6. The fraction of sp³-hybridized carbons (Fsp3) is 0.370. The maximum absolute atomic E-state index is 13.3. The Balaban J connectivity index is 1.63. The molecule has 0 unspecified atom stereocenters. The van der Waals surface area contributed by atoms with Gasteiger partial charge in [-0.25, -0.2) is 9.59 Å². The Morgan fingerprint density at radius 2 is 1.70 bits per heavy atom. The number of Topliss-reactive ketones (excluding diaryl/α,β-unsaturated/α-hetero) is 1. The van der Waals surface area contributed by atoms with Crippen LogP contribution in [0.15, 0.2) is 54.7 Å². The Kier molecular flexibility index (Phi) is 6.63. The molecule has 2 aliphatic rings. The molecule has 1 fully saturated rings. The van der Waals surface area contributed by atoms with Gasteiger partial charge in [-0.1, -0.05) is 36.8 Å². The van der Waals surface area contributed by atoms with Gasteiger partial charge in [0.15, 0.2) is 0 Å². The minimum absolute atomic E-state index is 0.296. The van der Waals surface area contributed by atoms with E-state index < -0.39 is 17.4 Å². The third-order valence-corrected chi connectivity index (χ3v) is 6.48. The molecule has 6 nitrogen and oxygen atoms in total. The lowest BCUT2D eigenvalue weighted by Gasteiger charge is -2.33. The molecule has 2 aromatic carbocycles. The fourth-order valence-electron chi connectivity index (χ4n) is 4.63. The SMILES string of the molecule is COC(=O)c1ccc2c(c1)CCN2/C=C(/C(=O)C(=O)OC1(C)CCCCC1)c1ccccc1. The first-order valence-corrected chi connectivity index (χ1v) is 11.4. The van der Waals surface area contributed by atoms with Crippen molar-refractivity contribution >= 4 is 29.0 Å². The second-order valence-corrected chi connectivity index (χ2v) is 8.92. The number of ether oxygens (including phenoxy) is 2. The second-order valence-electron chi connectivity index (χ2n) is 8.92. The molecule has 6 heteroatoms. The number of nitrogens with zero attached hydrogens (tertiary/aromatic N) is 1. The molecule has 1 aliphatic carbocycles. The highest BCUT2D eigenvalue weighted by molar-refractivity contribution is 6.51. The number of esters is 2. The standard InChI is InChI=1S/C27H29NO5/c1-27(14-7-4-8-15-27)33-26(31)24(29)22(19-9-5-3-6-10-19)18-28-16-13-20-17-21(25(30)32-2)11-12-23(20)28/h3,5-6,9-12,17-18H,4,7-8,13-16H2,1-2H3/b22-18+. The van der Waals surface area contributed by atoms with Gasteiger partial charge in [0.1, 0.15) is 5.60 Å². The highest BCUT2D eigenvalue weighted by Gasteiger charge is 2.34. The van der Waals surface area contributed by atoms with Crippen molar-refractivity contribution < 1.29 is 23.9 Å². The van der Waals surface area contributed by atoms with Crippen molar-refractivity contribution in [3.8, 4) is 0 Å². The summed E-state index contributed by atoms with van der Waals surface area (Å²) >= 11 is 0. The Bertz CT molecular complexity index is 1080. The van der Waals surface area contributed by atoms with Crippen LogP contribution in [0.25, 0.3) is 5.57 Å². The smallest absolute Gasteiger partial charge is 0.380 e. The highest BCUT2D eigenvalue weighted by atomic mass is 16.6. The topological polar surface area (TPSA) is 72.9 Å². The van der Waals surface area contributed by atoms with Crippen molar-refractivity contribution in [1.82, 2.24) is 0 Å².